The first-order valence-corrected chi connectivity index (χ1v) is 3.22. The molecular formula is C7H9NO2. The van der Waals surface area contributed by atoms with Crippen molar-refractivity contribution >= 4 is 12.2 Å². The maximum Gasteiger partial charge on any atom is 0.335 e. The quantitative estimate of drug-likeness (QED) is 0.533. The van der Waals surface area contributed by atoms with E-state index in [0.717, 1.165) is 0 Å². The Hall–Kier alpha value is -1.12. The Morgan fingerprint density at radius 3 is 3.20 bits per heavy atom. The van der Waals surface area contributed by atoms with Gasteiger partial charge in [-0.2, -0.15) is 0 Å². The molecule has 0 fully saturated rings. The van der Waals surface area contributed by atoms with Crippen LogP contribution in [0.3, 0.4) is 0 Å². The normalized spacial score (nSPS) is 15.1. The third-order valence-corrected chi connectivity index (χ3v) is 1.18. The van der Waals surface area contributed by atoms with Crippen LogP contribution in [0.15, 0.2) is 16.8 Å². The van der Waals surface area contributed by atoms with Gasteiger partial charge in [0.2, 0.25) is 0 Å². The molecule has 1 aliphatic rings. The fourth-order valence-corrected chi connectivity index (χ4v) is 0.706. The van der Waals surface area contributed by atoms with Crippen LogP contribution in [0, 0.1) is 0 Å². The number of nitrogens with zero attached hydrogens (tertiary/aromatic N) is 1. The summed E-state index contributed by atoms with van der Waals surface area (Å²) < 4.78 is 4.74. The molecule has 0 N–H and O–H groups in total. The van der Waals surface area contributed by atoms with Gasteiger partial charge in [0.1, 0.15) is 0 Å². The summed E-state index contributed by atoms with van der Waals surface area (Å²) in [5.41, 5.74) is 0.641. The maximum atomic E-state index is 10.9. The number of ether oxygens (including phenoxy) is 1. The Morgan fingerprint density at radius 1 is 1.90 bits per heavy atom. The van der Waals surface area contributed by atoms with Crippen LogP contribution < -0.4 is 0 Å². The fraction of sp³-hybridized carbons (Fsp3) is 0.429. The van der Waals surface area contributed by atoms with Gasteiger partial charge in [0.25, 0.3) is 0 Å². The molecule has 1 aliphatic heterocycles. The lowest BCUT2D eigenvalue weighted by Gasteiger charge is -1.98. The average molecular weight is 139 g/mol. The lowest BCUT2D eigenvalue weighted by atomic mass is 10.2. The molecule has 0 amide bonds. The molecule has 0 radical (unpaired) electrons. The van der Waals surface area contributed by atoms with Crippen molar-refractivity contribution in [3.8, 4) is 0 Å². The van der Waals surface area contributed by atoms with Crippen molar-refractivity contribution in [2.24, 2.45) is 4.99 Å². The summed E-state index contributed by atoms with van der Waals surface area (Å²) in [4.78, 5) is 14.7. The van der Waals surface area contributed by atoms with E-state index in [1.165, 1.54) is 6.20 Å². The standard InChI is InChI=1S/C7H9NO2/c1-2-10-7(9)6-3-4-8-5-6/h4-5H,2-3H2,1H3. The van der Waals surface area contributed by atoms with E-state index in [0.29, 0.717) is 18.6 Å². The minimum absolute atomic E-state index is 0.250. The van der Waals surface area contributed by atoms with Crippen molar-refractivity contribution < 1.29 is 9.53 Å². The average Bonchev–Trinajstić information content (AvgIpc) is 2.38. The van der Waals surface area contributed by atoms with E-state index in [4.69, 9.17) is 4.74 Å². The van der Waals surface area contributed by atoms with Crippen LogP contribution >= 0.6 is 0 Å². The summed E-state index contributed by atoms with van der Waals surface area (Å²) in [6.45, 7) is 2.21. The summed E-state index contributed by atoms with van der Waals surface area (Å²) in [5, 5.41) is 0. The van der Waals surface area contributed by atoms with Crippen LogP contribution in [0.2, 0.25) is 0 Å². The van der Waals surface area contributed by atoms with E-state index in [1.54, 1.807) is 13.1 Å². The van der Waals surface area contributed by atoms with Gasteiger partial charge in [-0.25, -0.2) is 4.79 Å². The van der Waals surface area contributed by atoms with Crippen LogP contribution in [0.5, 0.6) is 0 Å². The van der Waals surface area contributed by atoms with Gasteiger partial charge in [-0.15, -0.1) is 0 Å². The molecule has 0 aromatic heterocycles. The number of aliphatic imine (C=N–C) groups is 1. The van der Waals surface area contributed by atoms with Gasteiger partial charge in [0.15, 0.2) is 0 Å². The zero-order valence-electron chi connectivity index (χ0n) is 5.83. The third-order valence-electron chi connectivity index (χ3n) is 1.18. The zero-order chi connectivity index (χ0) is 7.40. The SMILES string of the molecule is CCOC(=O)C1=CN=CC1. The number of esters is 1. The predicted molar refractivity (Wildman–Crippen MR) is 37.8 cm³/mol. The molecule has 0 aromatic carbocycles. The van der Waals surface area contributed by atoms with Crippen LogP contribution in [-0.2, 0) is 9.53 Å². The molecule has 0 aromatic rings. The zero-order valence-corrected chi connectivity index (χ0v) is 5.83. The van der Waals surface area contributed by atoms with Gasteiger partial charge >= 0.3 is 5.97 Å². The van der Waals surface area contributed by atoms with Gasteiger partial charge in [0.05, 0.1) is 12.2 Å². The molecule has 1 rings (SSSR count). The smallest absolute Gasteiger partial charge is 0.335 e. The maximum absolute atomic E-state index is 10.9. The number of carbonyl (C=O) groups excluding carboxylic acids is 1. The van der Waals surface area contributed by atoms with Gasteiger partial charge < -0.3 is 4.74 Å². The Balaban J connectivity index is 2.43. The molecule has 0 bridgehead atoms. The fourth-order valence-electron chi connectivity index (χ4n) is 0.706. The lowest BCUT2D eigenvalue weighted by molar-refractivity contribution is -0.138. The monoisotopic (exact) mass is 139 g/mol. The Morgan fingerprint density at radius 2 is 2.70 bits per heavy atom. The second kappa shape index (κ2) is 3.15. The summed E-state index contributed by atoms with van der Waals surface area (Å²) in [5.74, 6) is -0.250. The van der Waals surface area contributed by atoms with Crippen molar-refractivity contribution in [2.45, 2.75) is 13.3 Å². The molecule has 3 nitrogen and oxygen atoms in total. The van der Waals surface area contributed by atoms with Gasteiger partial charge in [-0.3, -0.25) is 4.99 Å². The Bertz CT molecular complexity index is 194. The predicted octanol–water partition coefficient (Wildman–Crippen LogP) is 0.908. The van der Waals surface area contributed by atoms with E-state index >= 15 is 0 Å². The van der Waals surface area contributed by atoms with E-state index < -0.39 is 0 Å². The Kier molecular flexibility index (Phi) is 2.20. The van der Waals surface area contributed by atoms with Crippen molar-refractivity contribution in [1.82, 2.24) is 0 Å². The summed E-state index contributed by atoms with van der Waals surface area (Å²) >= 11 is 0. The van der Waals surface area contributed by atoms with E-state index in [-0.39, 0.29) is 5.97 Å². The molecule has 10 heavy (non-hydrogen) atoms. The van der Waals surface area contributed by atoms with Gasteiger partial charge in [-0.1, -0.05) is 0 Å². The summed E-state index contributed by atoms with van der Waals surface area (Å²) in [6, 6.07) is 0. The number of rotatable bonds is 2. The molecule has 0 unspecified atom stereocenters. The summed E-state index contributed by atoms with van der Waals surface area (Å²) in [7, 11) is 0. The number of hydrogen-bond acceptors (Lipinski definition) is 3. The first-order chi connectivity index (χ1) is 4.84. The first-order valence-electron chi connectivity index (χ1n) is 3.22. The van der Waals surface area contributed by atoms with Crippen molar-refractivity contribution in [3.05, 3.63) is 11.8 Å². The second-order valence-corrected chi connectivity index (χ2v) is 1.91. The van der Waals surface area contributed by atoms with Crippen LogP contribution in [-0.4, -0.2) is 18.8 Å². The van der Waals surface area contributed by atoms with Gasteiger partial charge in [0, 0.05) is 18.8 Å². The summed E-state index contributed by atoms with van der Waals surface area (Å²) in [6.07, 6.45) is 3.84. The highest BCUT2D eigenvalue weighted by Gasteiger charge is 2.10. The van der Waals surface area contributed by atoms with Gasteiger partial charge in [-0.05, 0) is 6.92 Å². The number of carbonyl (C=O) groups is 1. The molecule has 0 aliphatic carbocycles. The largest absolute Gasteiger partial charge is 0.463 e. The topological polar surface area (TPSA) is 38.7 Å². The van der Waals surface area contributed by atoms with E-state index in [2.05, 4.69) is 4.99 Å². The molecular weight excluding hydrogens is 130 g/mol. The minimum Gasteiger partial charge on any atom is -0.463 e. The molecule has 54 valence electrons. The highest BCUT2D eigenvalue weighted by Crippen LogP contribution is 2.07. The van der Waals surface area contributed by atoms with Crippen LogP contribution in [0.4, 0.5) is 0 Å². The molecule has 3 heteroatoms. The third kappa shape index (κ3) is 1.43. The van der Waals surface area contributed by atoms with Crippen molar-refractivity contribution in [1.29, 1.82) is 0 Å². The highest BCUT2D eigenvalue weighted by atomic mass is 16.5. The van der Waals surface area contributed by atoms with Crippen molar-refractivity contribution in [2.75, 3.05) is 6.61 Å². The molecule has 0 atom stereocenters. The molecule has 0 spiro atoms. The van der Waals surface area contributed by atoms with Crippen molar-refractivity contribution in [3.63, 3.8) is 0 Å². The minimum atomic E-state index is -0.250. The van der Waals surface area contributed by atoms with E-state index in [1.807, 2.05) is 0 Å². The highest BCUT2D eigenvalue weighted by molar-refractivity contribution is 5.93. The molecule has 0 saturated carbocycles. The Labute approximate surface area is 59.4 Å². The molecule has 0 saturated heterocycles. The van der Waals surface area contributed by atoms with Crippen LogP contribution in [0.25, 0.3) is 0 Å². The number of hydrogen-bond donors (Lipinski definition) is 0. The lowest BCUT2D eigenvalue weighted by Crippen LogP contribution is -2.06. The van der Waals surface area contributed by atoms with E-state index in [9.17, 15) is 4.79 Å². The first kappa shape index (κ1) is 6.99. The molecule has 1 heterocycles. The second-order valence-electron chi connectivity index (χ2n) is 1.91. The van der Waals surface area contributed by atoms with Crippen LogP contribution in [0.1, 0.15) is 13.3 Å².